The summed E-state index contributed by atoms with van der Waals surface area (Å²) in [5.74, 6) is -2.37. The van der Waals surface area contributed by atoms with E-state index in [1.807, 2.05) is 0 Å². The molecule has 2 nitrogen and oxygen atoms in total. The highest BCUT2D eigenvalue weighted by Gasteiger charge is 2.50. The monoisotopic (exact) mass is 318 g/mol. The highest BCUT2D eigenvalue weighted by atomic mass is 19.4. The molecule has 2 rings (SSSR count). The molecule has 0 amide bonds. The molecule has 1 aliphatic rings. The first-order valence-electron chi connectivity index (χ1n) is 7.29. The lowest BCUT2D eigenvalue weighted by Gasteiger charge is -2.39. The predicted molar refractivity (Wildman–Crippen MR) is 72.7 cm³/mol. The van der Waals surface area contributed by atoms with Crippen molar-refractivity contribution in [3.63, 3.8) is 0 Å². The van der Waals surface area contributed by atoms with Gasteiger partial charge in [0, 0.05) is 0 Å². The fourth-order valence-electron chi connectivity index (χ4n) is 3.09. The number of ether oxygens (including phenoxy) is 1. The summed E-state index contributed by atoms with van der Waals surface area (Å²) in [7, 11) is 0. The van der Waals surface area contributed by atoms with Crippen molar-refractivity contribution in [2.24, 2.45) is 5.92 Å². The van der Waals surface area contributed by atoms with Gasteiger partial charge in [0.25, 0.3) is 0 Å². The van der Waals surface area contributed by atoms with Crippen LogP contribution in [-0.4, -0.2) is 18.8 Å². The van der Waals surface area contributed by atoms with Gasteiger partial charge in [0.05, 0.1) is 17.9 Å². The summed E-state index contributed by atoms with van der Waals surface area (Å²) in [5, 5.41) is 0. The Morgan fingerprint density at radius 1 is 1.23 bits per heavy atom. The lowest BCUT2D eigenvalue weighted by atomic mass is 9.66. The molecular formula is C16H18F4O2. The number of rotatable bonds is 3. The average molecular weight is 318 g/mol. The number of carbonyl (C=O) groups excluding carboxylic acids is 1. The van der Waals surface area contributed by atoms with Crippen molar-refractivity contribution in [2.45, 2.75) is 44.2 Å². The first kappa shape index (κ1) is 16.8. The van der Waals surface area contributed by atoms with Crippen LogP contribution in [0.15, 0.2) is 24.3 Å². The van der Waals surface area contributed by atoms with Crippen LogP contribution in [0.3, 0.4) is 0 Å². The van der Waals surface area contributed by atoms with Gasteiger partial charge >= 0.3 is 12.1 Å². The van der Waals surface area contributed by atoms with Crippen molar-refractivity contribution < 1.29 is 27.1 Å². The van der Waals surface area contributed by atoms with Crippen molar-refractivity contribution in [1.29, 1.82) is 0 Å². The quantitative estimate of drug-likeness (QED) is 0.611. The molecule has 22 heavy (non-hydrogen) atoms. The molecule has 0 unspecified atom stereocenters. The molecule has 6 heteroatoms. The molecule has 1 saturated carbocycles. The summed E-state index contributed by atoms with van der Waals surface area (Å²) in [4.78, 5) is 12.4. The van der Waals surface area contributed by atoms with Crippen LogP contribution in [0.4, 0.5) is 17.6 Å². The molecule has 0 radical (unpaired) electrons. The van der Waals surface area contributed by atoms with Gasteiger partial charge in [-0.3, -0.25) is 4.79 Å². The van der Waals surface area contributed by atoms with E-state index in [9.17, 15) is 22.4 Å². The molecule has 0 aromatic heterocycles. The summed E-state index contributed by atoms with van der Waals surface area (Å²) in [6, 6.07) is 5.35. The third kappa shape index (κ3) is 3.25. The van der Waals surface area contributed by atoms with Crippen LogP contribution in [0.5, 0.6) is 0 Å². The van der Waals surface area contributed by atoms with Crippen molar-refractivity contribution in [1.82, 2.24) is 0 Å². The molecule has 0 atom stereocenters. The minimum absolute atomic E-state index is 0.0572. The highest BCUT2D eigenvalue weighted by Crippen LogP contribution is 2.47. The fourth-order valence-corrected chi connectivity index (χ4v) is 3.09. The third-order valence-electron chi connectivity index (χ3n) is 4.37. The molecule has 0 N–H and O–H groups in total. The molecule has 1 fully saturated rings. The Morgan fingerprint density at radius 3 is 2.23 bits per heavy atom. The van der Waals surface area contributed by atoms with Gasteiger partial charge in [0.2, 0.25) is 0 Å². The van der Waals surface area contributed by atoms with Gasteiger partial charge in [-0.1, -0.05) is 12.1 Å². The number of halogens is 4. The summed E-state index contributed by atoms with van der Waals surface area (Å²) in [6.45, 7) is 1.81. The van der Waals surface area contributed by atoms with E-state index in [0.29, 0.717) is 5.56 Å². The molecule has 122 valence electrons. The Bertz CT molecular complexity index is 514. The SMILES string of the molecule is CCOC(=O)C1(c2ccc(F)cc2)CCC(C(F)(F)F)CC1. The van der Waals surface area contributed by atoms with Gasteiger partial charge in [-0.2, -0.15) is 13.2 Å². The standard InChI is InChI=1S/C16H18F4O2/c1-2-22-14(21)15(11-3-5-13(17)6-4-11)9-7-12(8-10-15)16(18,19)20/h3-6,12H,2,7-10H2,1H3. The van der Waals surface area contributed by atoms with Crippen LogP contribution in [-0.2, 0) is 14.9 Å². The second-order valence-corrected chi connectivity index (χ2v) is 5.63. The van der Waals surface area contributed by atoms with Crippen LogP contribution < -0.4 is 0 Å². The Hall–Kier alpha value is -1.59. The minimum Gasteiger partial charge on any atom is -0.465 e. The van der Waals surface area contributed by atoms with Gasteiger partial charge in [-0.25, -0.2) is 4.39 Å². The van der Waals surface area contributed by atoms with Gasteiger partial charge in [0.15, 0.2) is 0 Å². The van der Waals surface area contributed by atoms with E-state index in [4.69, 9.17) is 4.74 Å². The van der Waals surface area contributed by atoms with E-state index in [1.165, 1.54) is 24.3 Å². The first-order chi connectivity index (χ1) is 10.3. The van der Waals surface area contributed by atoms with Gasteiger partial charge in [-0.15, -0.1) is 0 Å². The lowest BCUT2D eigenvalue weighted by Crippen LogP contribution is -2.43. The lowest BCUT2D eigenvalue weighted by molar-refractivity contribution is -0.188. The van der Waals surface area contributed by atoms with Crippen LogP contribution in [0.25, 0.3) is 0 Å². The second-order valence-electron chi connectivity index (χ2n) is 5.63. The summed E-state index contributed by atoms with van der Waals surface area (Å²) in [5.41, 5.74) is -0.584. The third-order valence-corrected chi connectivity index (χ3v) is 4.37. The Labute approximate surface area is 126 Å². The van der Waals surface area contributed by atoms with Crippen LogP contribution in [0.2, 0.25) is 0 Å². The number of carbonyl (C=O) groups is 1. The van der Waals surface area contributed by atoms with E-state index in [1.54, 1.807) is 6.92 Å². The smallest absolute Gasteiger partial charge is 0.391 e. The number of hydrogen-bond acceptors (Lipinski definition) is 2. The van der Waals surface area contributed by atoms with Crippen LogP contribution in [0.1, 0.15) is 38.2 Å². The van der Waals surface area contributed by atoms with Crippen molar-refractivity contribution >= 4 is 5.97 Å². The normalized spacial score (nSPS) is 25.8. The highest BCUT2D eigenvalue weighted by molar-refractivity contribution is 5.83. The Balaban J connectivity index is 2.29. The molecule has 0 saturated heterocycles. The first-order valence-corrected chi connectivity index (χ1v) is 7.29. The zero-order valence-electron chi connectivity index (χ0n) is 12.3. The molecular weight excluding hydrogens is 300 g/mol. The topological polar surface area (TPSA) is 26.3 Å². The van der Waals surface area contributed by atoms with E-state index in [-0.39, 0.29) is 32.3 Å². The molecule has 0 spiro atoms. The maximum atomic E-state index is 13.1. The van der Waals surface area contributed by atoms with E-state index in [0.717, 1.165) is 0 Å². The number of benzene rings is 1. The largest absolute Gasteiger partial charge is 0.465 e. The maximum absolute atomic E-state index is 13.1. The predicted octanol–water partition coefficient (Wildman–Crippen LogP) is 4.38. The average Bonchev–Trinajstić information content (AvgIpc) is 2.47. The van der Waals surface area contributed by atoms with Gasteiger partial charge < -0.3 is 4.74 Å². The molecule has 1 aromatic carbocycles. The molecule has 1 aliphatic carbocycles. The summed E-state index contributed by atoms with van der Waals surface area (Å²) in [6.07, 6.45) is -4.38. The fraction of sp³-hybridized carbons (Fsp3) is 0.562. The zero-order chi connectivity index (χ0) is 16.4. The van der Waals surface area contributed by atoms with E-state index >= 15 is 0 Å². The van der Waals surface area contributed by atoms with Gasteiger partial charge in [0.1, 0.15) is 5.82 Å². The molecule has 1 aromatic rings. The van der Waals surface area contributed by atoms with Gasteiger partial charge in [-0.05, 0) is 50.3 Å². The minimum atomic E-state index is -4.25. The number of esters is 1. The van der Waals surface area contributed by atoms with Crippen LogP contribution >= 0.6 is 0 Å². The van der Waals surface area contributed by atoms with E-state index in [2.05, 4.69) is 0 Å². The van der Waals surface area contributed by atoms with E-state index < -0.39 is 29.3 Å². The second kappa shape index (κ2) is 6.26. The van der Waals surface area contributed by atoms with Crippen molar-refractivity contribution in [3.8, 4) is 0 Å². The Kier molecular flexibility index (Phi) is 4.78. The zero-order valence-corrected chi connectivity index (χ0v) is 12.3. The van der Waals surface area contributed by atoms with Crippen molar-refractivity contribution in [3.05, 3.63) is 35.6 Å². The number of alkyl halides is 3. The molecule has 0 aliphatic heterocycles. The molecule has 0 heterocycles. The molecule has 0 bridgehead atoms. The summed E-state index contributed by atoms with van der Waals surface area (Å²) < 4.78 is 56.7. The summed E-state index contributed by atoms with van der Waals surface area (Å²) >= 11 is 0. The maximum Gasteiger partial charge on any atom is 0.391 e. The van der Waals surface area contributed by atoms with Crippen LogP contribution in [0, 0.1) is 11.7 Å². The number of hydrogen-bond donors (Lipinski definition) is 0. The van der Waals surface area contributed by atoms with Crippen molar-refractivity contribution in [2.75, 3.05) is 6.61 Å². The Morgan fingerprint density at radius 2 is 1.77 bits per heavy atom.